The van der Waals surface area contributed by atoms with Crippen LogP contribution in [0, 0.1) is 5.92 Å². The molecule has 3 heteroatoms. The van der Waals surface area contributed by atoms with Gasteiger partial charge in [-0.25, -0.2) is 0 Å². The van der Waals surface area contributed by atoms with Crippen LogP contribution in [0.4, 0.5) is 0 Å². The van der Waals surface area contributed by atoms with E-state index < -0.39 is 0 Å². The maximum absolute atomic E-state index is 6.02. The van der Waals surface area contributed by atoms with E-state index in [1.54, 1.807) is 0 Å². The Labute approximate surface area is 104 Å². The molecule has 1 aliphatic rings. The van der Waals surface area contributed by atoms with E-state index in [-0.39, 0.29) is 0 Å². The van der Waals surface area contributed by atoms with Crippen LogP contribution in [0.2, 0.25) is 5.02 Å². The Balaban J connectivity index is 2.02. The highest BCUT2D eigenvalue weighted by atomic mass is 79.9. The molecule has 0 bridgehead atoms. The molecule has 1 saturated heterocycles. The molecule has 0 amide bonds. The van der Waals surface area contributed by atoms with E-state index in [4.69, 9.17) is 11.6 Å². The lowest BCUT2D eigenvalue weighted by atomic mass is 9.92. The van der Waals surface area contributed by atoms with Gasteiger partial charge in [-0.3, -0.25) is 0 Å². The van der Waals surface area contributed by atoms with E-state index in [2.05, 4.69) is 33.4 Å². The topological polar surface area (TPSA) is 12.0 Å². The monoisotopic (exact) mass is 287 g/mol. The van der Waals surface area contributed by atoms with Crippen molar-refractivity contribution >= 4 is 27.5 Å². The molecule has 1 heterocycles. The Morgan fingerprint density at radius 1 is 1.40 bits per heavy atom. The van der Waals surface area contributed by atoms with Crippen molar-refractivity contribution in [3.63, 3.8) is 0 Å². The molecular weight excluding hydrogens is 273 g/mol. The van der Waals surface area contributed by atoms with E-state index in [0.29, 0.717) is 0 Å². The molecule has 1 nitrogen and oxygen atoms in total. The Morgan fingerprint density at radius 2 is 2.27 bits per heavy atom. The highest BCUT2D eigenvalue weighted by molar-refractivity contribution is 9.10. The SMILES string of the molecule is Clc1cc(Br)cc(CC2CCCNC2)c1. The second-order valence-electron chi connectivity index (χ2n) is 4.19. The summed E-state index contributed by atoms with van der Waals surface area (Å²) in [5, 5.41) is 4.26. The summed E-state index contributed by atoms with van der Waals surface area (Å²) in [5.74, 6) is 0.768. The molecule has 1 N–H and O–H groups in total. The van der Waals surface area contributed by atoms with Crippen molar-refractivity contribution < 1.29 is 0 Å². The molecule has 0 aliphatic carbocycles. The smallest absolute Gasteiger partial charge is 0.0419 e. The summed E-state index contributed by atoms with van der Waals surface area (Å²) in [4.78, 5) is 0. The Hall–Kier alpha value is -0.0500. The summed E-state index contributed by atoms with van der Waals surface area (Å²) in [5.41, 5.74) is 1.34. The molecule has 1 aliphatic heterocycles. The first-order valence-corrected chi connectivity index (χ1v) is 6.57. The van der Waals surface area contributed by atoms with Crippen molar-refractivity contribution in [2.24, 2.45) is 5.92 Å². The molecule has 1 fully saturated rings. The van der Waals surface area contributed by atoms with Crippen LogP contribution in [-0.2, 0) is 6.42 Å². The minimum absolute atomic E-state index is 0.768. The number of piperidine rings is 1. The normalized spacial score (nSPS) is 21.6. The number of hydrogen-bond donors (Lipinski definition) is 1. The van der Waals surface area contributed by atoms with Gasteiger partial charge < -0.3 is 5.32 Å². The van der Waals surface area contributed by atoms with Gasteiger partial charge in [0, 0.05) is 9.50 Å². The largest absolute Gasteiger partial charge is 0.316 e. The van der Waals surface area contributed by atoms with Crippen LogP contribution < -0.4 is 5.32 Å². The molecule has 15 heavy (non-hydrogen) atoms. The van der Waals surface area contributed by atoms with Gasteiger partial charge in [0.1, 0.15) is 0 Å². The predicted octanol–water partition coefficient (Wildman–Crippen LogP) is 3.64. The van der Waals surface area contributed by atoms with Crippen molar-refractivity contribution in [1.29, 1.82) is 0 Å². The van der Waals surface area contributed by atoms with E-state index >= 15 is 0 Å². The third-order valence-corrected chi connectivity index (χ3v) is 3.52. The summed E-state index contributed by atoms with van der Waals surface area (Å²) in [6, 6.07) is 6.17. The van der Waals surface area contributed by atoms with Crippen molar-refractivity contribution in [2.45, 2.75) is 19.3 Å². The van der Waals surface area contributed by atoms with Crippen LogP contribution in [0.25, 0.3) is 0 Å². The van der Waals surface area contributed by atoms with Gasteiger partial charge in [-0.2, -0.15) is 0 Å². The average Bonchev–Trinajstić information content (AvgIpc) is 2.17. The molecule has 1 atom stereocenters. The molecule has 1 aromatic carbocycles. The zero-order valence-electron chi connectivity index (χ0n) is 8.60. The third-order valence-electron chi connectivity index (χ3n) is 2.85. The van der Waals surface area contributed by atoms with Gasteiger partial charge in [0.25, 0.3) is 0 Å². The van der Waals surface area contributed by atoms with Crippen LogP contribution in [0.5, 0.6) is 0 Å². The second kappa shape index (κ2) is 5.33. The van der Waals surface area contributed by atoms with Gasteiger partial charge in [-0.05, 0) is 62.0 Å². The van der Waals surface area contributed by atoms with Crippen molar-refractivity contribution in [1.82, 2.24) is 5.32 Å². The summed E-state index contributed by atoms with van der Waals surface area (Å²) in [7, 11) is 0. The molecule has 1 aromatic rings. The minimum Gasteiger partial charge on any atom is -0.316 e. The van der Waals surface area contributed by atoms with Crippen LogP contribution in [0.3, 0.4) is 0 Å². The average molecular weight is 289 g/mol. The van der Waals surface area contributed by atoms with Crippen LogP contribution in [0.1, 0.15) is 18.4 Å². The van der Waals surface area contributed by atoms with Gasteiger partial charge in [0.15, 0.2) is 0 Å². The first-order valence-electron chi connectivity index (χ1n) is 5.40. The van der Waals surface area contributed by atoms with Crippen molar-refractivity contribution in [3.05, 3.63) is 33.3 Å². The number of rotatable bonds is 2. The molecule has 1 unspecified atom stereocenters. The van der Waals surface area contributed by atoms with Crippen molar-refractivity contribution in [2.75, 3.05) is 13.1 Å². The summed E-state index contributed by atoms with van der Waals surface area (Å²) < 4.78 is 1.08. The third kappa shape index (κ3) is 3.47. The van der Waals surface area contributed by atoms with Gasteiger partial charge in [0.05, 0.1) is 0 Å². The lowest BCUT2D eigenvalue weighted by molar-refractivity contribution is 0.376. The summed E-state index contributed by atoms with van der Waals surface area (Å²) in [6.07, 6.45) is 3.76. The van der Waals surface area contributed by atoms with E-state index in [1.165, 1.54) is 24.9 Å². The van der Waals surface area contributed by atoms with E-state index in [0.717, 1.165) is 28.4 Å². The standard InChI is InChI=1S/C12H15BrClN/c13-11-5-10(6-12(14)7-11)4-9-2-1-3-15-8-9/h5-7,9,15H,1-4,8H2. The predicted molar refractivity (Wildman–Crippen MR) is 68.4 cm³/mol. The number of nitrogens with one attached hydrogen (secondary N) is 1. The highest BCUT2D eigenvalue weighted by Crippen LogP contribution is 2.23. The fourth-order valence-corrected chi connectivity index (χ4v) is 3.09. The van der Waals surface area contributed by atoms with E-state index in [9.17, 15) is 0 Å². The minimum atomic E-state index is 0.768. The molecule has 2 rings (SSSR count). The second-order valence-corrected chi connectivity index (χ2v) is 5.55. The Morgan fingerprint density at radius 3 is 2.93 bits per heavy atom. The summed E-state index contributed by atoms with van der Waals surface area (Å²) >= 11 is 9.50. The van der Waals surface area contributed by atoms with E-state index in [1.807, 2.05) is 6.07 Å². The van der Waals surface area contributed by atoms with Gasteiger partial charge in [-0.15, -0.1) is 0 Å². The first-order chi connectivity index (χ1) is 7.24. The number of hydrogen-bond acceptors (Lipinski definition) is 1. The maximum Gasteiger partial charge on any atom is 0.0419 e. The van der Waals surface area contributed by atoms with Crippen LogP contribution >= 0.6 is 27.5 Å². The molecular formula is C12H15BrClN. The Bertz CT molecular complexity index is 314. The number of benzene rings is 1. The fourth-order valence-electron chi connectivity index (χ4n) is 2.16. The molecule has 82 valence electrons. The first kappa shape index (κ1) is 11.4. The van der Waals surface area contributed by atoms with Crippen LogP contribution in [-0.4, -0.2) is 13.1 Å². The molecule has 0 spiro atoms. The zero-order chi connectivity index (χ0) is 10.7. The lowest BCUT2D eigenvalue weighted by Crippen LogP contribution is -2.30. The lowest BCUT2D eigenvalue weighted by Gasteiger charge is -2.22. The molecule has 0 saturated carbocycles. The zero-order valence-corrected chi connectivity index (χ0v) is 10.9. The van der Waals surface area contributed by atoms with Gasteiger partial charge >= 0.3 is 0 Å². The fraction of sp³-hybridized carbons (Fsp3) is 0.500. The van der Waals surface area contributed by atoms with Gasteiger partial charge in [0.2, 0.25) is 0 Å². The number of halogens is 2. The quantitative estimate of drug-likeness (QED) is 0.876. The molecule has 0 radical (unpaired) electrons. The van der Waals surface area contributed by atoms with Crippen molar-refractivity contribution in [3.8, 4) is 0 Å². The molecule has 0 aromatic heterocycles. The maximum atomic E-state index is 6.02. The van der Waals surface area contributed by atoms with Crippen LogP contribution in [0.15, 0.2) is 22.7 Å². The summed E-state index contributed by atoms with van der Waals surface area (Å²) in [6.45, 7) is 2.32. The highest BCUT2D eigenvalue weighted by Gasteiger charge is 2.13. The Kier molecular flexibility index (Phi) is 4.06. The van der Waals surface area contributed by atoms with Gasteiger partial charge in [-0.1, -0.05) is 27.5 Å².